The predicted molar refractivity (Wildman–Crippen MR) is 73.9 cm³/mol. The minimum atomic E-state index is -3.37. The maximum absolute atomic E-state index is 12.4. The first kappa shape index (κ1) is 14.3. The van der Waals surface area contributed by atoms with Gasteiger partial charge in [0.05, 0.1) is 10.1 Å². The van der Waals surface area contributed by atoms with E-state index in [1.165, 1.54) is 4.90 Å². The van der Waals surface area contributed by atoms with Crippen LogP contribution in [0.1, 0.15) is 12.8 Å². The number of benzene rings is 1. The minimum absolute atomic E-state index is 0.274. The Hall–Kier alpha value is -1.08. The van der Waals surface area contributed by atoms with Crippen LogP contribution in [-0.2, 0) is 9.84 Å². The van der Waals surface area contributed by atoms with Crippen LogP contribution >= 0.6 is 15.9 Å². The average Bonchev–Trinajstić information content (AvgIpc) is 2.39. The van der Waals surface area contributed by atoms with Crippen LogP contribution in [0, 0.1) is 0 Å². The summed E-state index contributed by atoms with van der Waals surface area (Å²) in [5, 5.41) is 8.35. The Morgan fingerprint density at radius 3 is 2.21 bits per heavy atom. The summed E-state index contributed by atoms with van der Waals surface area (Å²) in [6.07, 6.45) is -0.283. The van der Waals surface area contributed by atoms with Crippen molar-refractivity contribution in [3.05, 3.63) is 28.7 Å². The van der Waals surface area contributed by atoms with Gasteiger partial charge in [0.25, 0.3) is 0 Å². The van der Waals surface area contributed by atoms with E-state index in [4.69, 9.17) is 5.11 Å². The molecule has 2 rings (SSSR count). The molecule has 1 aromatic carbocycles. The summed E-state index contributed by atoms with van der Waals surface area (Å²) in [6.45, 7) is 0.547. The molecule has 104 valence electrons. The molecule has 7 heteroatoms. The van der Waals surface area contributed by atoms with Gasteiger partial charge in [-0.2, -0.15) is 0 Å². The molecule has 0 aromatic heterocycles. The van der Waals surface area contributed by atoms with Gasteiger partial charge in [-0.05, 0) is 37.1 Å². The minimum Gasteiger partial charge on any atom is -0.465 e. The van der Waals surface area contributed by atoms with E-state index in [1.807, 2.05) is 0 Å². The van der Waals surface area contributed by atoms with E-state index < -0.39 is 21.2 Å². The van der Waals surface area contributed by atoms with E-state index in [0.29, 0.717) is 17.7 Å². The van der Waals surface area contributed by atoms with Crippen molar-refractivity contribution in [2.75, 3.05) is 13.1 Å². The van der Waals surface area contributed by atoms with Crippen molar-refractivity contribution in [3.8, 4) is 0 Å². The third kappa shape index (κ3) is 3.09. The lowest BCUT2D eigenvalue weighted by atomic mass is 10.1. The van der Waals surface area contributed by atoms with Gasteiger partial charge in [0.15, 0.2) is 9.84 Å². The molecular formula is C12H14BrNO4S. The fourth-order valence-corrected chi connectivity index (χ4v) is 4.17. The molecule has 1 saturated heterocycles. The summed E-state index contributed by atoms with van der Waals surface area (Å²) >= 11 is 3.27. The lowest BCUT2D eigenvalue weighted by Gasteiger charge is -2.29. The number of hydrogen-bond donors (Lipinski definition) is 1. The number of sulfone groups is 1. The Bertz CT molecular complexity index is 562. The van der Waals surface area contributed by atoms with Gasteiger partial charge in [-0.1, -0.05) is 15.9 Å². The largest absolute Gasteiger partial charge is 0.465 e. The molecule has 1 heterocycles. The number of carbonyl (C=O) groups is 1. The first-order valence-corrected chi connectivity index (χ1v) is 8.22. The van der Waals surface area contributed by atoms with Gasteiger partial charge in [-0.3, -0.25) is 0 Å². The first-order chi connectivity index (χ1) is 8.91. The SMILES string of the molecule is O=C(O)N1CCC(S(=O)(=O)c2ccc(Br)cc2)CC1. The van der Waals surface area contributed by atoms with E-state index >= 15 is 0 Å². The smallest absolute Gasteiger partial charge is 0.407 e. The summed E-state index contributed by atoms with van der Waals surface area (Å²) in [7, 11) is -3.37. The van der Waals surface area contributed by atoms with Crippen molar-refractivity contribution in [1.29, 1.82) is 0 Å². The van der Waals surface area contributed by atoms with E-state index in [9.17, 15) is 13.2 Å². The second-order valence-corrected chi connectivity index (χ2v) is 7.61. The van der Waals surface area contributed by atoms with E-state index in [1.54, 1.807) is 24.3 Å². The molecule has 0 atom stereocenters. The van der Waals surface area contributed by atoms with Crippen LogP contribution in [0.15, 0.2) is 33.6 Å². The van der Waals surface area contributed by atoms with E-state index in [0.717, 1.165) is 4.47 Å². The third-order valence-electron chi connectivity index (χ3n) is 3.29. The fraction of sp³-hybridized carbons (Fsp3) is 0.417. The monoisotopic (exact) mass is 347 g/mol. The van der Waals surface area contributed by atoms with Crippen LogP contribution in [0.25, 0.3) is 0 Å². The van der Waals surface area contributed by atoms with Crippen LogP contribution in [0.3, 0.4) is 0 Å². The number of carboxylic acid groups (broad SMARTS) is 1. The maximum Gasteiger partial charge on any atom is 0.407 e. The number of piperidine rings is 1. The zero-order valence-electron chi connectivity index (χ0n) is 10.1. The second kappa shape index (κ2) is 5.50. The maximum atomic E-state index is 12.4. The van der Waals surface area contributed by atoms with Gasteiger partial charge >= 0.3 is 6.09 Å². The molecule has 0 radical (unpaired) electrons. The van der Waals surface area contributed by atoms with Crippen LogP contribution in [0.4, 0.5) is 4.79 Å². The van der Waals surface area contributed by atoms with Crippen molar-refractivity contribution in [3.63, 3.8) is 0 Å². The van der Waals surface area contributed by atoms with Crippen molar-refractivity contribution in [1.82, 2.24) is 4.90 Å². The molecule has 1 aromatic rings. The standard InChI is InChI=1S/C12H14BrNO4S/c13-9-1-3-10(4-2-9)19(17,18)11-5-7-14(8-6-11)12(15)16/h1-4,11H,5-8H2,(H,15,16). The molecule has 0 unspecified atom stereocenters. The van der Waals surface area contributed by atoms with Crippen molar-refractivity contribution in [2.45, 2.75) is 23.0 Å². The molecule has 1 fully saturated rings. The van der Waals surface area contributed by atoms with Gasteiger partial charge in [-0.15, -0.1) is 0 Å². The molecule has 0 aliphatic carbocycles. The number of halogens is 1. The van der Waals surface area contributed by atoms with Crippen LogP contribution in [0.2, 0.25) is 0 Å². The fourth-order valence-electron chi connectivity index (χ4n) is 2.17. The lowest BCUT2D eigenvalue weighted by molar-refractivity contribution is 0.136. The van der Waals surface area contributed by atoms with Crippen molar-refractivity contribution >= 4 is 31.9 Å². The molecule has 0 spiro atoms. The van der Waals surface area contributed by atoms with Gasteiger partial charge in [0.1, 0.15) is 0 Å². The highest BCUT2D eigenvalue weighted by Crippen LogP contribution is 2.25. The summed E-state index contributed by atoms with van der Waals surface area (Å²) in [5.74, 6) is 0. The number of rotatable bonds is 2. The van der Waals surface area contributed by atoms with E-state index in [2.05, 4.69) is 15.9 Å². The third-order valence-corrected chi connectivity index (χ3v) is 6.10. The molecule has 0 saturated carbocycles. The highest BCUT2D eigenvalue weighted by Gasteiger charge is 2.32. The van der Waals surface area contributed by atoms with Gasteiger partial charge in [0.2, 0.25) is 0 Å². The Labute approximate surface area is 120 Å². The highest BCUT2D eigenvalue weighted by molar-refractivity contribution is 9.10. The van der Waals surface area contributed by atoms with Gasteiger partial charge in [0, 0.05) is 17.6 Å². The molecule has 1 aliphatic heterocycles. The summed E-state index contributed by atoms with van der Waals surface area (Å²) < 4.78 is 25.6. The summed E-state index contributed by atoms with van der Waals surface area (Å²) in [6, 6.07) is 6.53. The Kier molecular flexibility index (Phi) is 4.15. The normalized spacial score (nSPS) is 17.4. The Balaban J connectivity index is 2.14. The molecule has 5 nitrogen and oxygen atoms in total. The molecular weight excluding hydrogens is 334 g/mol. The molecule has 0 bridgehead atoms. The molecule has 1 amide bonds. The summed E-state index contributed by atoms with van der Waals surface area (Å²) in [4.78, 5) is 12.3. The topological polar surface area (TPSA) is 74.7 Å². The quantitative estimate of drug-likeness (QED) is 0.890. The van der Waals surface area contributed by atoms with Crippen LogP contribution in [0.5, 0.6) is 0 Å². The van der Waals surface area contributed by atoms with E-state index in [-0.39, 0.29) is 13.1 Å². The molecule has 19 heavy (non-hydrogen) atoms. The molecule has 1 aliphatic rings. The Morgan fingerprint density at radius 2 is 1.74 bits per heavy atom. The molecule has 1 N–H and O–H groups in total. The number of hydrogen-bond acceptors (Lipinski definition) is 3. The van der Waals surface area contributed by atoms with Gasteiger partial charge in [-0.25, -0.2) is 13.2 Å². The number of likely N-dealkylation sites (tertiary alicyclic amines) is 1. The average molecular weight is 348 g/mol. The number of nitrogens with zero attached hydrogens (tertiary/aromatic N) is 1. The number of amides is 1. The van der Waals surface area contributed by atoms with Crippen LogP contribution < -0.4 is 0 Å². The second-order valence-electron chi connectivity index (χ2n) is 4.47. The zero-order chi connectivity index (χ0) is 14.0. The predicted octanol–water partition coefficient (Wildman–Crippen LogP) is 2.37. The van der Waals surface area contributed by atoms with Crippen LogP contribution in [-0.4, -0.2) is 42.9 Å². The van der Waals surface area contributed by atoms with Gasteiger partial charge < -0.3 is 10.0 Å². The van der Waals surface area contributed by atoms with Crippen molar-refractivity contribution < 1.29 is 18.3 Å². The van der Waals surface area contributed by atoms with Crippen molar-refractivity contribution in [2.24, 2.45) is 0 Å². The zero-order valence-corrected chi connectivity index (χ0v) is 12.5. The highest BCUT2D eigenvalue weighted by atomic mass is 79.9. The summed E-state index contributed by atoms with van der Waals surface area (Å²) in [5.41, 5.74) is 0. The Morgan fingerprint density at radius 1 is 1.21 bits per heavy atom. The lowest BCUT2D eigenvalue weighted by Crippen LogP contribution is -2.41. The first-order valence-electron chi connectivity index (χ1n) is 5.88.